The van der Waals surface area contributed by atoms with Crippen LogP contribution in [0.1, 0.15) is 79.0 Å². The first-order valence-corrected chi connectivity index (χ1v) is 13.1. The Morgan fingerprint density at radius 1 is 0.676 bits per heavy atom. The zero-order chi connectivity index (χ0) is 26.7. The van der Waals surface area contributed by atoms with Gasteiger partial charge in [-0.1, -0.05) is 39.8 Å². The molecule has 6 rings (SSSR count). The van der Waals surface area contributed by atoms with Gasteiger partial charge in [0.05, 0.1) is 0 Å². The summed E-state index contributed by atoms with van der Waals surface area (Å²) >= 11 is 0. The molecule has 2 aromatic carbocycles. The maximum atomic E-state index is 6.05. The SMILES string of the molecule is CC1=C(/C=C/C=C2\N(C)c3cc4c(cc3C2(C)C)OC(C)(C)O4)C(C)(C)c2cc3c(cc21)OC(C)(C)O3. The van der Waals surface area contributed by atoms with Crippen LogP contribution in [0.2, 0.25) is 0 Å². The van der Waals surface area contributed by atoms with E-state index < -0.39 is 11.6 Å². The van der Waals surface area contributed by atoms with E-state index >= 15 is 0 Å². The summed E-state index contributed by atoms with van der Waals surface area (Å²) < 4.78 is 24.1. The minimum absolute atomic E-state index is 0.137. The van der Waals surface area contributed by atoms with Gasteiger partial charge in [0.15, 0.2) is 23.0 Å². The molecule has 5 nitrogen and oxygen atoms in total. The number of rotatable bonds is 2. The monoisotopic (exact) mass is 499 g/mol. The molecule has 0 radical (unpaired) electrons. The van der Waals surface area contributed by atoms with Crippen LogP contribution in [0, 0.1) is 0 Å². The molecule has 0 amide bonds. The number of hydrogen-bond donors (Lipinski definition) is 0. The van der Waals surface area contributed by atoms with Gasteiger partial charge < -0.3 is 23.8 Å². The summed E-state index contributed by atoms with van der Waals surface area (Å²) in [5, 5.41) is 0. The van der Waals surface area contributed by atoms with E-state index in [1.54, 1.807) is 0 Å². The summed E-state index contributed by atoms with van der Waals surface area (Å²) in [5.41, 5.74) is 8.43. The van der Waals surface area contributed by atoms with Crippen molar-refractivity contribution >= 4 is 11.3 Å². The fraction of sp³-hybridized carbons (Fsp3) is 0.438. The molecule has 194 valence electrons. The number of allylic oxidation sites excluding steroid dienone is 6. The molecule has 2 aromatic rings. The standard InChI is InChI=1S/C32H37NO4/c1-18-19-14-24-25(35-31(6,7)34-24)15-21(19)29(2,3)20(18)12-11-13-28-30(4,5)22-16-26-27(17-23(22)33(28)10)37-32(8,9)36-26/h11-17H,1-10H3/b12-11+,28-13-. The second-order valence-corrected chi connectivity index (χ2v) is 12.6. The van der Waals surface area contributed by atoms with Crippen LogP contribution in [0.3, 0.4) is 0 Å². The summed E-state index contributed by atoms with van der Waals surface area (Å²) in [4.78, 5) is 2.27. The van der Waals surface area contributed by atoms with Gasteiger partial charge in [0, 0.05) is 63.0 Å². The van der Waals surface area contributed by atoms with Crippen molar-refractivity contribution in [1.29, 1.82) is 0 Å². The van der Waals surface area contributed by atoms with Crippen LogP contribution < -0.4 is 23.8 Å². The number of nitrogens with zero attached hydrogens (tertiary/aromatic N) is 1. The lowest BCUT2D eigenvalue weighted by molar-refractivity contribution is -0.0437. The second kappa shape index (κ2) is 7.15. The lowest BCUT2D eigenvalue weighted by Crippen LogP contribution is -2.29. The molecular weight excluding hydrogens is 462 g/mol. The van der Waals surface area contributed by atoms with Crippen LogP contribution in [-0.2, 0) is 10.8 Å². The molecule has 0 fully saturated rings. The fourth-order valence-corrected chi connectivity index (χ4v) is 6.47. The molecule has 3 aliphatic heterocycles. The van der Waals surface area contributed by atoms with Gasteiger partial charge in [0.2, 0.25) is 11.6 Å². The van der Waals surface area contributed by atoms with E-state index in [0.717, 1.165) is 28.7 Å². The minimum Gasteiger partial charge on any atom is -0.449 e. The molecule has 0 N–H and O–H groups in total. The van der Waals surface area contributed by atoms with Gasteiger partial charge in [-0.3, -0.25) is 0 Å². The summed E-state index contributed by atoms with van der Waals surface area (Å²) in [5.74, 6) is 2.01. The summed E-state index contributed by atoms with van der Waals surface area (Å²) in [6.07, 6.45) is 6.70. The third-order valence-corrected chi connectivity index (χ3v) is 8.28. The van der Waals surface area contributed by atoms with Gasteiger partial charge in [0.25, 0.3) is 0 Å². The second-order valence-electron chi connectivity index (χ2n) is 12.6. The Morgan fingerprint density at radius 3 is 1.78 bits per heavy atom. The van der Waals surface area contributed by atoms with Gasteiger partial charge in [-0.05, 0) is 59.0 Å². The number of fused-ring (bicyclic) bond motifs is 4. The van der Waals surface area contributed by atoms with Gasteiger partial charge in [-0.25, -0.2) is 0 Å². The van der Waals surface area contributed by atoms with E-state index in [0.29, 0.717) is 0 Å². The van der Waals surface area contributed by atoms with Crippen LogP contribution >= 0.6 is 0 Å². The predicted molar refractivity (Wildman–Crippen MR) is 148 cm³/mol. The van der Waals surface area contributed by atoms with Gasteiger partial charge in [-0.15, -0.1) is 0 Å². The Labute approximate surface area is 220 Å². The highest BCUT2D eigenvalue weighted by Crippen LogP contribution is 2.54. The first-order valence-electron chi connectivity index (χ1n) is 13.1. The lowest BCUT2D eigenvalue weighted by atomic mass is 9.80. The normalized spacial score (nSPS) is 23.8. The van der Waals surface area contributed by atoms with Crippen molar-refractivity contribution < 1.29 is 18.9 Å². The molecule has 0 bridgehead atoms. The molecule has 4 aliphatic rings. The third-order valence-electron chi connectivity index (χ3n) is 8.28. The van der Waals surface area contributed by atoms with Gasteiger partial charge in [-0.2, -0.15) is 0 Å². The molecule has 0 atom stereocenters. The molecule has 0 saturated heterocycles. The van der Waals surface area contributed by atoms with Crippen LogP contribution in [0.15, 0.2) is 53.8 Å². The number of hydrogen-bond acceptors (Lipinski definition) is 5. The number of likely N-dealkylation sites (N-methyl/N-ethyl adjacent to an activating group) is 1. The van der Waals surface area contributed by atoms with Crippen molar-refractivity contribution in [2.24, 2.45) is 0 Å². The number of ether oxygens (including phenoxy) is 4. The van der Waals surface area contributed by atoms with E-state index in [9.17, 15) is 0 Å². The Balaban J connectivity index is 1.33. The van der Waals surface area contributed by atoms with Crippen molar-refractivity contribution in [2.75, 3.05) is 11.9 Å². The third kappa shape index (κ3) is 3.43. The van der Waals surface area contributed by atoms with E-state index in [1.165, 1.54) is 33.5 Å². The Morgan fingerprint density at radius 2 is 1.19 bits per heavy atom. The molecule has 5 heteroatoms. The molecule has 0 saturated carbocycles. The summed E-state index contributed by atoms with van der Waals surface area (Å²) in [7, 11) is 2.13. The van der Waals surface area contributed by atoms with Crippen LogP contribution in [0.5, 0.6) is 23.0 Å². The smallest absolute Gasteiger partial charge is 0.246 e. The first kappa shape index (κ1) is 24.0. The van der Waals surface area contributed by atoms with Crippen molar-refractivity contribution in [1.82, 2.24) is 0 Å². The van der Waals surface area contributed by atoms with Crippen LogP contribution in [0.4, 0.5) is 5.69 Å². The largest absolute Gasteiger partial charge is 0.449 e. The lowest BCUT2D eigenvalue weighted by Gasteiger charge is -2.24. The molecular formula is C32H37NO4. The Hall–Kier alpha value is -3.34. The topological polar surface area (TPSA) is 40.2 Å². The summed E-state index contributed by atoms with van der Waals surface area (Å²) in [6, 6.07) is 8.57. The van der Waals surface area contributed by atoms with E-state index in [2.05, 4.69) is 89.1 Å². The Kier molecular flexibility index (Phi) is 4.64. The molecule has 3 heterocycles. The quantitative estimate of drug-likeness (QED) is 0.425. The number of benzene rings is 2. The van der Waals surface area contributed by atoms with E-state index in [1.807, 2.05) is 27.7 Å². The van der Waals surface area contributed by atoms with Crippen LogP contribution in [-0.4, -0.2) is 18.6 Å². The van der Waals surface area contributed by atoms with E-state index in [4.69, 9.17) is 18.9 Å². The van der Waals surface area contributed by atoms with Gasteiger partial charge in [0.1, 0.15) is 0 Å². The average molecular weight is 500 g/mol. The minimum atomic E-state index is -0.632. The zero-order valence-corrected chi connectivity index (χ0v) is 23.6. The van der Waals surface area contributed by atoms with Crippen molar-refractivity contribution in [2.45, 2.75) is 84.7 Å². The van der Waals surface area contributed by atoms with Crippen molar-refractivity contribution in [3.05, 3.63) is 70.5 Å². The molecule has 0 aromatic heterocycles. The Bertz CT molecular complexity index is 1450. The highest BCUT2D eigenvalue weighted by atomic mass is 16.7. The first-order chi connectivity index (χ1) is 17.1. The highest BCUT2D eigenvalue weighted by molar-refractivity contribution is 5.83. The average Bonchev–Trinajstić information content (AvgIpc) is 3.37. The fourth-order valence-electron chi connectivity index (χ4n) is 6.47. The van der Waals surface area contributed by atoms with Crippen LogP contribution in [0.25, 0.3) is 5.57 Å². The number of anilines is 1. The summed E-state index contributed by atoms with van der Waals surface area (Å²) in [6.45, 7) is 19.1. The molecule has 0 unspecified atom stereocenters. The predicted octanol–water partition coefficient (Wildman–Crippen LogP) is 7.63. The highest BCUT2D eigenvalue weighted by Gasteiger charge is 2.43. The van der Waals surface area contributed by atoms with Crippen molar-refractivity contribution in [3.63, 3.8) is 0 Å². The zero-order valence-electron chi connectivity index (χ0n) is 23.6. The molecule has 1 aliphatic carbocycles. The molecule has 0 spiro atoms. The molecule has 37 heavy (non-hydrogen) atoms. The maximum absolute atomic E-state index is 6.05. The van der Waals surface area contributed by atoms with Gasteiger partial charge >= 0.3 is 0 Å². The van der Waals surface area contributed by atoms with E-state index in [-0.39, 0.29) is 10.8 Å². The maximum Gasteiger partial charge on any atom is 0.246 e. The van der Waals surface area contributed by atoms with Crippen molar-refractivity contribution in [3.8, 4) is 23.0 Å².